The molecule has 0 radical (unpaired) electrons. The maximum atomic E-state index is 9.28. The van der Waals surface area contributed by atoms with E-state index >= 15 is 0 Å². The van der Waals surface area contributed by atoms with Crippen LogP contribution in [0.15, 0.2) is 24.3 Å². The highest BCUT2D eigenvalue weighted by Gasteiger charge is 2.12. The van der Waals surface area contributed by atoms with Crippen molar-refractivity contribution in [3.05, 3.63) is 24.3 Å². The molecule has 0 aliphatic carbocycles. The van der Waals surface area contributed by atoms with Crippen molar-refractivity contribution in [3.8, 4) is 11.5 Å². The number of aliphatic hydroxyl groups is 1. The van der Waals surface area contributed by atoms with E-state index in [0.29, 0.717) is 11.5 Å². The predicted molar refractivity (Wildman–Crippen MR) is 54.8 cm³/mol. The lowest BCUT2D eigenvalue weighted by molar-refractivity contribution is 0.0586. The van der Waals surface area contributed by atoms with Gasteiger partial charge in [-0.05, 0) is 26.0 Å². The van der Waals surface area contributed by atoms with E-state index in [-0.39, 0.29) is 6.10 Å². The van der Waals surface area contributed by atoms with Crippen molar-refractivity contribution >= 4 is 0 Å². The zero-order valence-corrected chi connectivity index (χ0v) is 8.73. The van der Waals surface area contributed by atoms with Crippen LogP contribution in [0.4, 0.5) is 0 Å². The molecule has 1 unspecified atom stereocenters. The Balaban J connectivity index is 2.75. The minimum Gasteiger partial charge on any atom is -0.493 e. The van der Waals surface area contributed by atoms with Gasteiger partial charge < -0.3 is 14.6 Å². The smallest absolute Gasteiger partial charge is 0.161 e. The monoisotopic (exact) mass is 196 g/mol. The Hall–Kier alpha value is -1.22. The van der Waals surface area contributed by atoms with Crippen LogP contribution < -0.4 is 9.47 Å². The van der Waals surface area contributed by atoms with E-state index in [1.807, 2.05) is 31.2 Å². The zero-order chi connectivity index (χ0) is 10.6. The van der Waals surface area contributed by atoms with Crippen LogP contribution in [0, 0.1) is 0 Å². The molecule has 1 aromatic rings. The first kappa shape index (κ1) is 10.9. The van der Waals surface area contributed by atoms with Gasteiger partial charge in [0.05, 0.1) is 13.2 Å². The number of hydrogen-bond donors (Lipinski definition) is 1. The third-order valence-electron chi connectivity index (χ3n) is 2.06. The quantitative estimate of drug-likeness (QED) is 0.798. The van der Waals surface area contributed by atoms with Crippen molar-refractivity contribution in [2.24, 2.45) is 0 Å². The van der Waals surface area contributed by atoms with Gasteiger partial charge >= 0.3 is 0 Å². The summed E-state index contributed by atoms with van der Waals surface area (Å²) in [4.78, 5) is 0. The van der Waals surface area contributed by atoms with Gasteiger partial charge in [0.1, 0.15) is 6.10 Å². The van der Waals surface area contributed by atoms with Crippen LogP contribution in [0.5, 0.6) is 11.5 Å². The lowest BCUT2D eigenvalue weighted by Crippen LogP contribution is -2.25. The van der Waals surface area contributed by atoms with Gasteiger partial charge in [-0.2, -0.15) is 0 Å². The van der Waals surface area contributed by atoms with Crippen LogP contribution in [0.1, 0.15) is 13.8 Å². The summed E-state index contributed by atoms with van der Waals surface area (Å²) in [5.41, 5.74) is 0. The molecule has 0 aromatic heterocycles. The molecule has 0 bridgehead atoms. The lowest BCUT2D eigenvalue weighted by atomic mass is 10.2. The molecule has 0 fully saturated rings. The van der Waals surface area contributed by atoms with E-state index < -0.39 is 6.10 Å². The number of hydrogen-bond acceptors (Lipinski definition) is 3. The molecule has 1 N–H and O–H groups in total. The highest BCUT2D eigenvalue weighted by molar-refractivity contribution is 5.39. The summed E-state index contributed by atoms with van der Waals surface area (Å²) in [5, 5.41) is 9.28. The maximum absolute atomic E-state index is 9.28. The second-order valence-electron chi connectivity index (χ2n) is 3.21. The summed E-state index contributed by atoms with van der Waals surface area (Å²) in [7, 11) is 1.59. The molecule has 78 valence electrons. The van der Waals surface area contributed by atoms with Crippen molar-refractivity contribution in [3.63, 3.8) is 0 Å². The SMILES string of the molecule is COc1ccccc1OC(C)[C@H](C)O. The highest BCUT2D eigenvalue weighted by Crippen LogP contribution is 2.27. The maximum Gasteiger partial charge on any atom is 0.161 e. The van der Waals surface area contributed by atoms with Crippen LogP contribution in [0.2, 0.25) is 0 Å². The van der Waals surface area contributed by atoms with Gasteiger partial charge in [0.2, 0.25) is 0 Å². The van der Waals surface area contributed by atoms with E-state index in [0.717, 1.165) is 0 Å². The molecule has 0 amide bonds. The molecule has 2 atom stereocenters. The number of methoxy groups -OCH3 is 1. The normalized spacial score (nSPS) is 14.6. The number of benzene rings is 1. The first-order chi connectivity index (χ1) is 6.65. The molecular formula is C11H16O3. The third kappa shape index (κ3) is 2.64. The van der Waals surface area contributed by atoms with Crippen molar-refractivity contribution < 1.29 is 14.6 Å². The fourth-order valence-electron chi connectivity index (χ4n) is 1.01. The lowest BCUT2D eigenvalue weighted by Gasteiger charge is -2.18. The van der Waals surface area contributed by atoms with Crippen molar-refractivity contribution in [1.29, 1.82) is 0 Å². The standard InChI is InChI=1S/C11H16O3/c1-8(12)9(2)14-11-7-5-4-6-10(11)13-3/h4-9,12H,1-3H3/t8-,9?/m0/s1. The summed E-state index contributed by atoms with van der Waals surface area (Å²) < 4.78 is 10.6. The van der Waals surface area contributed by atoms with Crippen molar-refractivity contribution in [2.75, 3.05) is 7.11 Å². The van der Waals surface area contributed by atoms with Crippen molar-refractivity contribution in [2.45, 2.75) is 26.1 Å². The van der Waals surface area contributed by atoms with Crippen LogP contribution in [-0.2, 0) is 0 Å². The van der Waals surface area contributed by atoms with Crippen LogP contribution in [0.3, 0.4) is 0 Å². The van der Waals surface area contributed by atoms with Gasteiger partial charge in [0.15, 0.2) is 11.5 Å². The van der Waals surface area contributed by atoms with E-state index in [9.17, 15) is 5.11 Å². The molecule has 1 aromatic carbocycles. The van der Waals surface area contributed by atoms with E-state index in [4.69, 9.17) is 9.47 Å². The number of para-hydroxylation sites is 2. The van der Waals surface area contributed by atoms with Crippen LogP contribution >= 0.6 is 0 Å². The third-order valence-corrected chi connectivity index (χ3v) is 2.06. The Morgan fingerprint density at radius 2 is 1.71 bits per heavy atom. The van der Waals surface area contributed by atoms with E-state index in [1.165, 1.54) is 0 Å². The van der Waals surface area contributed by atoms with Gasteiger partial charge in [-0.15, -0.1) is 0 Å². The predicted octanol–water partition coefficient (Wildman–Crippen LogP) is 1.84. The molecule has 0 spiro atoms. The molecule has 3 heteroatoms. The molecule has 0 saturated carbocycles. The molecule has 0 aliphatic heterocycles. The molecule has 3 nitrogen and oxygen atoms in total. The molecular weight excluding hydrogens is 180 g/mol. The Labute approximate surface area is 84.3 Å². The number of rotatable bonds is 4. The largest absolute Gasteiger partial charge is 0.493 e. The number of ether oxygens (including phenoxy) is 2. The molecule has 0 saturated heterocycles. The van der Waals surface area contributed by atoms with Gasteiger partial charge in [0.25, 0.3) is 0 Å². The summed E-state index contributed by atoms with van der Waals surface area (Å²) in [5.74, 6) is 1.34. The van der Waals surface area contributed by atoms with Gasteiger partial charge in [0, 0.05) is 0 Å². The molecule has 1 rings (SSSR count). The summed E-state index contributed by atoms with van der Waals surface area (Å²) in [6, 6.07) is 7.38. The minimum absolute atomic E-state index is 0.244. The Bertz CT molecular complexity index is 284. The number of aliphatic hydroxyl groups excluding tert-OH is 1. The molecule has 0 heterocycles. The first-order valence-electron chi connectivity index (χ1n) is 4.63. The zero-order valence-electron chi connectivity index (χ0n) is 8.73. The Morgan fingerprint density at radius 3 is 2.21 bits per heavy atom. The fraction of sp³-hybridized carbons (Fsp3) is 0.455. The first-order valence-corrected chi connectivity index (χ1v) is 4.63. The van der Waals surface area contributed by atoms with E-state index in [1.54, 1.807) is 14.0 Å². The minimum atomic E-state index is -0.500. The van der Waals surface area contributed by atoms with Crippen LogP contribution in [0.25, 0.3) is 0 Å². The van der Waals surface area contributed by atoms with Gasteiger partial charge in [-0.3, -0.25) is 0 Å². The molecule has 14 heavy (non-hydrogen) atoms. The topological polar surface area (TPSA) is 38.7 Å². The van der Waals surface area contributed by atoms with Crippen molar-refractivity contribution in [1.82, 2.24) is 0 Å². The van der Waals surface area contributed by atoms with Gasteiger partial charge in [-0.1, -0.05) is 12.1 Å². The highest BCUT2D eigenvalue weighted by atomic mass is 16.5. The molecule has 0 aliphatic rings. The summed E-state index contributed by atoms with van der Waals surface area (Å²) >= 11 is 0. The van der Waals surface area contributed by atoms with Gasteiger partial charge in [-0.25, -0.2) is 0 Å². The fourth-order valence-corrected chi connectivity index (χ4v) is 1.01. The average Bonchev–Trinajstić information content (AvgIpc) is 2.18. The second-order valence-corrected chi connectivity index (χ2v) is 3.21. The Morgan fingerprint density at radius 1 is 1.14 bits per heavy atom. The summed E-state index contributed by atoms with van der Waals surface area (Å²) in [6.45, 7) is 3.51. The van der Waals surface area contributed by atoms with Crippen LogP contribution in [-0.4, -0.2) is 24.4 Å². The van der Waals surface area contributed by atoms with E-state index in [2.05, 4.69) is 0 Å². The second kappa shape index (κ2) is 4.86. The summed E-state index contributed by atoms with van der Waals surface area (Å²) in [6.07, 6.45) is -0.744. The average molecular weight is 196 g/mol. The Kier molecular flexibility index (Phi) is 3.77.